The number of phenolic OH excluding ortho intramolecular Hbond substituents is 1. The van der Waals surface area contributed by atoms with Crippen LogP contribution in [0.1, 0.15) is 5.56 Å². The monoisotopic (exact) mass is 382 g/mol. The number of aromatic amines is 1. The molecule has 8 N–H and O–H groups in total. The number of carbonyl (C=O) groups is 1. The quantitative estimate of drug-likeness (QED) is 0.288. The standard InChI is InChI=1S/C17H22N2O8/c20-9-1-2-11-10(4-9)8(5-18-11)3-12(16(24)25)19-7-17(26)15(23)14(22)13(21)6-27-17/h1-2,4-5,12-15,18-23,26H,3,6-7H2,(H,24,25)/t12-,13+,14+,15+,17-/m0/s1. The minimum atomic E-state index is -2.25. The van der Waals surface area contributed by atoms with E-state index in [0.717, 1.165) is 5.52 Å². The van der Waals surface area contributed by atoms with Crippen molar-refractivity contribution in [2.75, 3.05) is 13.2 Å². The summed E-state index contributed by atoms with van der Waals surface area (Å²) in [4.78, 5) is 14.6. The van der Waals surface area contributed by atoms with E-state index in [0.29, 0.717) is 10.9 Å². The summed E-state index contributed by atoms with van der Waals surface area (Å²) in [6.07, 6.45) is -3.13. The first-order valence-electron chi connectivity index (χ1n) is 8.37. The molecular weight excluding hydrogens is 360 g/mol. The normalized spacial score (nSPS) is 29.7. The highest BCUT2D eigenvalue weighted by atomic mass is 16.6. The van der Waals surface area contributed by atoms with Crippen LogP contribution in [0, 0.1) is 0 Å². The van der Waals surface area contributed by atoms with Gasteiger partial charge in [-0.2, -0.15) is 0 Å². The molecule has 27 heavy (non-hydrogen) atoms. The number of aliphatic hydroxyl groups excluding tert-OH is 3. The Balaban J connectivity index is 1.73. The van der Waals surface area contributed by atoms with Crippen LogP contribution in [0.25, 0.3) is 10.9 Å². The Morgan fingerprint density at radius 3 is 2.81 bits per heavy atom. The molecule has 2 aromatic rings. The fourth-order valence-corrected chi connectivity index (χ4v) is 3.12. The predicted molar refractivity (Wildman–Crippen MR) is 92.0 cm³/mol. The molecule has 1 aromatic carbocycles. The van der Waals surface area contributed by atoms with Gasteiger partial charge in [0.1, 0.15) is 30.1 Å². The van der Waals surface area contributed by atoms with Gasteiger partial charge in [0.2, 0.25) is 5.79 Å². The molecule has 0 unspecified atom stereocenters. The summed E-state index contributed by atoms with van der Waals surface area (Å²) in [5.74, 6) is -3.40. The smallest absolute Gasteiger partial charge is 0.321 e. The molecule has 1 saturated heterocycles. The van der Waals surface area contributed by atoms with Crippen molar-refractivity contribution in [1.29, 1.82) is 0 Å². The van der Waals surface area contributed by atoms with E-state index in [2.05, 4.69) is 10.3 Å². The Labute approximate surface area is 153 Å². The number of fused-ring (bicyclic) bond motifs is 1. The Morgan fingerprint density at radius 1 is 1.37 bits per heavy atom. The molecule has 1 aromatic heterocycles. The van der Waals surface area contributed by atoms with Gasteiger partial charge in [-0.25, -0.2) is 0 Å². The molecule has 0 amide bonds. The maximum absolute atomic E-state index is 11.6. The molecular formula is C17H22N2O8. The summed E-state index contributed by atoms with van der Waals surface area (Å²) in [5.41, 5.74) is 1.36. The Kier molecular flexibility index (Phi) is 5.38. The second-order valence-corrected chi connectivity index (χ2v) is 6.68. The number of rotatable bonds is 6. The average Bonchev–Trinajstić information content (AvgIpc) is 3.02. The van der Waals surface area contributed by atoms with Crippen molar-refractivity contribution in [3.05, 3.63) is 30.0 Å². The zero-order valence-corrected chi connectivity index (χ0v) is 14.2. The lowest BCUT2D eigenvalue weighted by Crippen LogP contribution is -2.65. The van der Waals surface area contributed by atoms with Crippen LogP contribution in [0.4, 0.5) is 0 Å². The van der Waals surface area contributed by atoms with Crippen molar-refractivity contribution in [1.82, 2.24) is 10.3 Å². The first-order chi connectivity index (χ1) is 12.7. The lowest BCUT2D eigenvalue weighted by atomic mass is 9.96. The SMILES string of the molecule is O=C(O)[C@H](Cc1c[nH]c2ccc(O)cc12)NC[C@]1(O)OC[C@@H](O)[C@@H](O)[C@H]1O. The number of ether oxygens (including phenoxy) is 1. The maximum Gasteiger partial charge on any atom is 0.321 e. The second-order valence-electron chi connectivity index (χ2n) is 6.68. The molecule has 10 nitrogen and oxygen atoms in total. The van der Waals surface area contributed by atoms with E-state index in [1.165, 1.54) is 12.1 Å². The van der Waals surface area contributed by atoms with Crippen molar-refractivity contribution in [2.45, 2.75) is 36.6 Å². The summed E-state index contributed by atoms with van der Waals surface area (Å²) in [5, 5.41) is 61.8. The van der Waals surface area contributed by atoms with E-state index in [-0.39, 0.29) is 12.2 Å². The number of hydrogen-bond donors (Lipinski definition) is 8. The third-order valence-corrected chi connectivity index (χ3v) is 4.76. The zero-order chi connectivity index (χ0) is 19.8. The summed E-state index contributed by atoms with van der Waals surface area (Å²) in [6.45, 7) is -0.890. The summed E-state index contributed by atoms with van der Waals surface area (Å²) in [6, 6.07) is 3.54. The lowest BCUT2D eigenvalue weighted by molar-refractivity contribution is -0.318. The van der Waals surface area contributed by atoms with E-state index >= 15 is 0 Å². The van der Waals surface area contributed by atoms with E-state index < -0.39 is 49.3 Å². The molecule has 0 spiro atoms. The molecule has 1 fully saturated rings. The number of aliphatic carboxylic acids is 1. The lowest BCUT2D eigenvalue weighted by Gasteiger charge is -2.42. The van der Waals surface area contributed by atoms with Gasteiger partial charge in [-0.05, 0) is 23.8 Å². The number of aromatic hydroxyl groups is 1. The molecule has 148 valence electrons. The van der Waals surface area contributed by atoms with Gasteiger partial charge in [0.25, 0.3) is 0 Å². The maximum atomic E-state index is 11.6. The Morgan fingerprint density at radius 2 is 2.11 bits per heavy atom. The number of nitrogens with one attached hydrogen (secondary N) is 2. The van der Waals surface area contributed by atoms with Gasteiger partial charge < -0.3 is 40.4 Å². The van der Waals surface area contributed by atoms with E-state index in [9.17, 15) is 35.4 Å². The van der Waals surface area contributed by atoms with Crippen molar-refractivity contribution in [3.63, 3.8) is 0 Å². The van der Waals surface area contributed by atoms with Crippen molar-refractivity contribution in [3.8, 4) is 5.75 Å². The van der Waals surface area contributed by atoms with Crippen LogP contribution in [0.5, 0.6) is 5.75 Å². The van der Waals surface area contributed by atoms with Crippen LogP contribution in [0.3, 0.4) is 0 Å². The van der Waals surface area contributed by atoms with Crippen LogP contribution < -0.4 is 5.32 Å². The van der Waals surface area contributed by atoms with Gasteiger partial charge in [0.05, 0.1) is 13.2 Å². The average molecular weight is 382 g/mol. The van der Waals surface area contributed by atoms with Crippen molar-refractivity contribution >= 4 is 16.9 Å². The van der Waals surface area contributed by atoms with E-state index in [1.807, 2.05) is 0 Å². The van der Waals surface area contributed by atoms with Gasteiger partial charge in [0.15, 0.2) is 0 Å². The summed E-state index contributed by atoms with van der Waals surface area (Å²) in [7, 11) is 0. The molecule has 3 rings (SSSR count). The molecule has 0 bridgehead atoms. The van der Waals surface area contributed by atoms with Crippen molar-refractivity contribution < 1.29 is 40.2 Å². The minimum absolute atomic E-state index is 0.0239. The summed E-state index contributed by atoms with van der Waals surface area (Å²) >= 11 is 0. The molecule has 0 aliphatic carbocycles. The molecule has 5 atom stereocenters. The highest BCUT2D eigenvalue weighted by Gasteiger charge is 2.48. The van der Waals surface area contributed by atoms with Gasteiger partial charge >= 0.3 is 5.97 Å². The fourth-order valence-electron chi connectivity index (χ4n) is 3.12. The van der Waals surface area contributed by atoms with Crippen LogP contribution in [0.15, 0.2) is 24.4 Å². The minimum Gasteiger partial charge on any atom is -0.508 e. The molecule has 0 saturated carbocycles. The molecule has 0 radical (unpaired) electrons. The predicted octanol–water partition coefficient (Wildman–Crippen LogP) is -1.74. The molecule has 10 heteroatoms. The number of hydrogen-bond acceptors (Lipinski definition) is 8. The van der Waals surface area contributed by atoms with Crippen LogP contribution >= 0.6 is 0 Å². The largest absolute Gasteiger partial charge is 0.508 e. The van der Waals surface area contributed by atoms with Gasteiger partial charge in [-0.15, -0.1) is 0 Å². The molecule has 1 aliphatic rings. The Hall–Kier alpha value is -2.21. The number of carboxylic acid groups (broad SMARTS) is 1. The summed E-state index contributed by atoms with van der Waals surface area (Å²) < 4.78 is 5.01. The first kappa shape index (κ1) is 19.5. The second kappa shape index (κ2) is 7.43. The van der Waals surface area contributed by atoms with Crippen LogP contribution in [0.2, 0.25) is 0 Å². The highest BCUT2D eigenvalue weighted by Crippen LogP contribution is 2.25. The first-order valence-corrected chi connectivity index (χ1v) is 8.37. The number of carboxylic acids is 1. The van der Waals surface area contributed by atoms with Crippen LogP contribution in [-0.2, 0) is 16.0 Å². The van der Waals surface area contributed by atoms with Gasteiger partial charge in [-0.1, -0.05) is 0 Å². The van der Waals surface area contributed by atoms with E-state index in [1.54, 1.807) is 12.3 Å². The highest BCUT2D eigenvalue weighted by molar-refractivity contribution is 5.85. The number of H-pyrrole nitrogens is 1. The number of aromatic nitrogens is 1. The van der Waals surface area contributed by atoms with Crippen molar-refractivity contribution in [2.24, 2.45) is 0 Å². The van der Waals surface area contributed by atoms with E-state index in [4.69, 9.17) is 4.74 Å². The molecule has 2 heterocycles. The molecule has 1 aliphatic heterocycles. The number of phenols is 1. The third-order valence-electron chi connectivity index (χ3n) is 4.76. The fraction of sp³-hybridized carbons (Fsp3) is 0.471. The third kappa shape index (κ3) is 3.90. The van der Waals surface area contributed by atoms with Crippen LogP contribution in [-0.4, -0.2) is 84.9 Å². The zero-order valence-electron chi connectivity index (χ0n) is 14.2. The number of benzene rings is 1. The topological polar surface area (TPSA) is 175 Å². The van der Waals surface area contributed by atoms with Gasteiger partial charge in [-0.3, -0.25) is 10.1 Å². The Bertz CT molecular complexity index is 824. The van der Waals surface area contributed by atoms with Gasteiger partial charge in [0, 0.05) is 23.5 Å². The number of aliphatic hydroxyl groups is 4.